The van der Waals surface area contributed by atoms with Gasteiger partial charge in [-0.3, -0.25) is 19.2 Å². The average molecular weight is 586 g/mol. The molecule has 1 aliphatic rings. The molecule has 6 rings (SSSR count). The molecule has 0 aromatic heterocycles. The molecule has 5 N–H and O–H groups in total. The summed E-state index contributed by atoms with van der Waals surface area (Å²) in [5.74, 6) is -1.36. The van der Waals surface area contributed by atoms with Gasteiger partial charge < -0.3 is 35.2 Å². The van der Waals surface area contributed by atoms with Crippen molar-refractivity contribution in [3.8, 4) is 11.5 Å². The Balaban J connectivity index is 2.04. The summed E-state index contributed by atoms with van der Waals surface area (Å²) in [6.45, 7) is 0.756. The van der Waals surface area contributed by atoms with Crippen LogP contribution in [0.15, 0.2) is 27.3 Å². The highest BCUT2D eigenvalue weighted by Crippen LogP contribution is 2.52. The number of hydrogen-bond donors (Lipinski definition) is 5. The normalized spacial score (nSPS) is 12.8. The van der Waals surface area contributed by atoms with Crippen molar-refractivity contribution >= 4 is 67.3 Å². The predicted octanol–water partition coefficient (Wildman–Crippen LogP) is 3.11. The van der Waals surface area contributed by atoms with E-state index in [-0.39, 0.29) is 71.6 Å². The van der Waals surface area contributed by atoms with Crippen LogP contribution in [0, 0.1) is 0 Å². The first-order chi connectivity index (χ1) is 20.7. The molecule has 0 atom stereocenters. The van der Waals surface area contributed by atoms with Crippen LogP contribution in [0.5, 0.6) is 11.5 Å². The van der Waals surface area contributed by atoms with Gasteiger partial charge in [0.1, 0.15) is 0 Å². The Morgan fingerprint density at radius 1 is 0.977 bits per heavy atom. The third-order valence-electron chi connectivity index (χ3n) is 8.30. The van der Waals surface area contributed by atoms with Gasteiger partial charge in [0.05, 0.1) is 31.1 Å². The van der Waals surface area contributed by atoms with Crippen LogP contribution in [-0.4, -0.2) is 46.7 Å². The highest BCUT2D eigenvalue weighted by atomic mass is 16.5. The van der Waals surface area contributed by atoms with Gasteiger partial charge in [-0.1, -0.05) is 11.6 Å². The highest BCUT2D eigenvalue weighted by Gasteiger charge is 2.32. The van der Waals surface area contributed by atoms with Gasteiger partial charge in [0.15, 0.2) is 29.1 Å². The van der Waals surface area contributed by atoms with Gasteiger partial charge >= 0.3 is 5.97 Å². The van der Waals surface area contributed by atoms with Crippen LogP contribution in [0.1, 0.15) is 41.2 Å². The van der Waals surface area contributed by atoms with Crippen LogP contribution in [-0.2, 0) is 40.4 Å². The molecule has 220 valence electrons. The maximum absolute atomic E-state index is 14.4. The van der Waals surface area contributed by atoms with Crippen molar-refractivity contribution in [2.75, 3.05) is 19.2 Å². The van der Waals surface area contributed by atoms with E-state index in [0.717, 1.165) is 5.57 Å². The molecular formula is C32H27NO10. The molecule has 5 aromatic rings. The van der Waals surface area contributed by atoms with Crippen molar-refractivity contribution in [1.82, 2.24) is 0 Å². The molecule has 0 heterocycles. The van der Waals surface area contributed by atoms with Crippen LogP contribution in [0.3, 0.4) is 0 Å². The van der Waals surface area contributed by atoms with E-state index in [4.69, 9.17) is 9.47 Å². The van der Waals surface area contributed by atoms with Crippen molar-refractivity contribution in [2.45, 2.75) is 39.4 Å². The first-order valence-corrected chi connectivity index (χ1v) is 13.5. The zero-order valence-corrected chi connectivity index (χ0v) is 23.3. The van der Waals surface area contributed by atoms with E-state index in [1.165, 1.54) is 19.2 Å². The second-order valence-corrected chi connectivity index (χ2v) is 10.7. The molecule has 11 nitrogen and oxygen atoms in total. The first kappa shape index (κ1) is 28.1. The summed E-state index contributed by atoms with van der Waals surface area (Å²) in [6, 6.07) is 2.76. The van der Waals surface area contributed by atoms with E-state index in [1.54, 1.807) is 0 Å². The van der Waals surface area contributed by atoms with Crippen molar-refractivity contribution < 1.29 is 39.5 Å². The number of aliphatic hydroxyl groups is 2. The van der Waals surface area contributed by atoms with Crippen molar-refractivity contribution in [1.29, 1.82) is 0 Å². The maximum atomic E-state index is 14.4. The number of aliphatic hydroxyl groups excluding tert-OH is 2. The highest BCUT2D eigenvalue weighted by molar-refractivity contribution is 6.38. The minimum Gasteiger partial charge on any atom is -0.504 e. The molecule has 1 aliphatic carbocycles. The van der Waals surface area contributed by atoms with Gasteiger partial charge in [0.2, 0.25) is 0 Å². The number of aliphatic carboxylic acids is 1. The number of carboxylic acids is 1. The Kier molecular flexibility index (Phi) is 6.79. The van der Waals surface area contributed by atoms with E-state index in [9.17, 15) is 39.6 Å². The molecule has 0 unspecified atom stereocenters. The summed E-state index contributed by atoms with van der Waals surface area (Å²) in [7, 11) is 1.38. The number of anilines is 1. The number of benzene rings is 5. The van der Waals surface area contributed by atoms with Crippen LogP contribution >= 0.6 is 0 Å². The summed E-state index contributed by atoms with van der Waals surface area (Å²) >= 11 is 0. The fourth-order valence-corrected chi connectivity index (χ4v) is 6.75. The number of aromatic hydroxyl groups is 1. The topological polar surface area (TPSA) is 180 Å². The molecule has 11 heteroatoms. The Labute approximate surface area is 242 Å². The van der Waals surface area contributed by atoms with Crippen molar-refractivity contribution in [2.24, 2.45) is 0 Å². The SMILES string of the molecule is COc1c(O)c2c(=O)cc(CO)c3c4c(CO)cc(NCOC=O)c5c(=O)c(CCC(=O)O)c6c(c(c1CC(C)=C6)c23)c54. The summed E-state index contributed by atoms with van der Waals surface area (Å²) in [4.78, 5) is 50.5. The molecular weight excluding hydrogens is 558 g/mol. The number of ether oxygens (including phenoxy) is 2. The largest absolute Gasteiger partial charge is 0.504 e. The second kappa shape index (κ2) is 10.4. The Hall–Kier alpha value is -5.00. The zero-order valence-electron chi connectivity index (χ0n) is 23.3. The van der Waals surface area contributed by atoms with Gasteiger partial charge in [0.25, 0.3) is 6.47 Å². The molecule has 5 aromatic carbocycles. The molecule has 0 radical (unpaired) electrons. The Morgan fingerprint density at radius 2 is 1.65 bits per heavy atom. The van der Waals surface area contributed by atoms with E-state index in [2.05, 4.69) is 5.32 Å². The zero-order chi connectivity index (χ0) is 30.7. The lowest BCUT2D eigenvalue weighted by molar-refractivity contribution is -0.137. The number of nitrogens with one attached hydrogen (secondary N) is 1. The van der Waals surface area contributed by atoms with Crippen LogP contribution < -0.4 is 20.9 Å². The summed E-state index contributed by atoms with van der Waals surface area (Å²) in [5.41, 5.74) is 1.91. The Morgan fingerprint density at radius 3 is 2.28 bits per heavy atom. The number of rotatable bonds is 10. The van der Waals surface area contributed by atoms with Gasteiger partial charge in [-0.2, -0.15) is 0 Å². The smallest absolute Gasteiger partial charge is 0.303 e. The molecule has 0 bridgehead atoms. The molecule has 0 spiro atoms. The summed E-state index contributed by atoms with van der Waals surface area (Å²) < 4.78 is 10.5. The van der Waals surface area contributed by atoms with Crippen LogP contribution in [0.2, 0.25) is 0 Å². The van der Waals surface area contributed by atoms with E-state index >= 15 is 0 Å². The van der Waals surface area contributed by atoms with E-state index in [1.807, 2.05) is 13.0 Å². The predicted molar refractivity (Wildman–Crippen MR) is 160 cm³/mol. The molecule has 0 fully saturated rings. The fourth-order valence-electron chi connectivity index (χ4n) is 6.75. The quantitative estimate of drug-likeness (QED) is 0.0534. The minimum atomic E-state index is -1.09. The van der Waals surface area contributed by atoms with Crippen molar-refractivity contribution in [3.05, 3.63) is 66.0 Å². The number of carbonyl (C=O) groups is 2. The van der Waals surface area contributed by atoms with Crippen LogP contribution in [0.25, 0.3) is 49.2 Å². The van der Waals surface area contributed by atoms with Crippen molar-refractivity contribution in [3.63, 3.8) is 0 Å². The van der Waals surface area contributed by atoms with Gasteiger partial charge in [-0.25, -0.2) is 0 Å². The number of allylic oxidation sites excluding steroid dienone is 1. The lowest BCUT2D eigenvalue weighted by atomic mass is 9.80. The lowest BCUT2D eigenvalue weighted by Gasteiger charge is -2.24. The van der Waals surface area contributed by atoms with Crippen LogP contribution in [0.4, 0.5) is 5.69 Å². The van der Waals surface area contributed by atoms with Gasteiger partial charge in [0, 0.05) is 34.0 Å². The maximum Gasteiger partial charge on any atom is 0.303 e. The molecule has 0 aliphatic heterocycles. The van der Waals surface area contributed by atoms with Gasteiger partial charge in [-0.05, 0) is 70.1 Å². The number of fused-ring (bicyclic) bond motifs is 1. The monoisotopic (exact) mass is 585 g/mol. The fraction of sp³-hybridized carbons (Fsp3) is 0.250. The standard InChI is InChI=1S/C32H27NO10/c1-13-5-17-16(3-4-21(38)39)30(40)26-19(33-11-43-12-36)7-14(9-34)22-23-15(10-35)8-20(37)27-29(23)25(24(17)28(22)26)18(6-13)32(42-2)31(27)41/h5,7-8,12,33-35,41H,3-4,6,9-11H2,1-2H3,(H,38,39). The summed E-state index contributed by atoms with van der Waals surface area (Å²) in [6.07, 6.45) is 1.67. The third-order valence-corrected chi connectivity index (χ3v) is 8.30. The Bertz CT molecular complexity index is 2150. The number of carbonyl (C=O) groups excluding carboxylic acids is 1. The van der Waals surface area contributed by atoms with E-state index in [0.29, 0.717) is 49.0 Å². The molecule has 0 saturated carbocycles. The van der Waals surface area contributed by atoms with Gasteiger partial charge in [-0.15, -0.1) is 0 Å². The van der Waals surface area contributed by atoms with E-state index < -0.39 is 30.0 Å². The molecule has 0 amide bonds. The number of carboxylic acid groups (broad SMARTS) is 1. The number of methoxy groups -OCH3 is 1. The number of phenols is 1. The molecule has 0 saturated heterocycles. The second-order valence-electron chi connectivity index (χ2n) is 10.7. The number of phenolic OH excluding ortho intramolecular Hbond substituents is 1. The molecule has 43 heavy (non-hydrogen) atoms. The average Bonchev–Trinajstić information content (AvgIpc) is 3.12. The lowest BCUT2D eigenvalue weighted by Crippen LogP contribution is -2.18. The number of hydrogen-bond acceptors (Lipinski definition) is 10. The first-order valence-electron chi connectivity index (χ1n) is 13.5. The third kappa shape index (κ3) is 3.96. The summed E-state index contributed by atoms with van der Waals surface area (Å²) in [5, 5.41) is 47.7. The minimum absolute atomic E-state index is 0.0316.